The summed E-state index contributed by atoms with van der Waals surface area (Å²) in [6.45, 7) is 0.739. The molecule has 1 aromatic carbocycles. The highest BCUT2D eigenvalue weighted by atomic mass is 16.6. The second-order valence-electron chi connectivity index (χ2n) is 5.76. The largest absolute Gasteiger partial charge is 0.389 e. The van der Waals surface area contributed by atoms with Crippen LogP contribution in [0.4, 0.5) is 0 Å². The number of nitrogens with zero attached hydrogens (tertiary/aromatic N) is 1. The summed E-state index contributed by atoms with van der Waals surface area (Å²) in [5.41, 5.74) is 1.43. The maximum absolute atomic E-state index is 12.3. The van der Waals surface area contributed by atoms with Gasteiger partial charge in [0.2, 0.25) is 0 Å². The number of carbonyl (C=O) groups is 3. The van der Waals surface area contributed by atoms with Crippen molar-refractivity contribution in [1.82, 2.24) is 9.88 Å². The molecular formula is C18H18N2O4. The highest BCUT2D eigenvalue weighted by molar-refractivity contribution is 6.15. The number of nitrogens with one attached hydrogen (secondary N) is 1. The van der Waals surface area contributed by atoms with Crippen LogP contribution in [0.5, 0.6) is 0 Å². The fourth-order valence-corrected chi connectivity index (χ4v) is 2.86. The lowest BCUT2D eigenvalue weighted by molar-refractivity contribution is -0.157. The van der Waals surface area contributed by atoms with Crippen molar-refractivity contribution in [3.8, 4) is 0 Å². The molecule has 24 heavy (non-hydrogen) atoms. The summed E-state index contributed by atoms with van der Waals surface area (Å²) in [6, 6.07) is 7.08. The minimum Gasteiger partial charge on any atom is -0.389 e. The lowest BCUT2D eigenvalue weighted by Crippen LogP contribution is -2.33. The second-order valence-corrected chi connectivity index (χ2v) is 5.76. The van der Waals surface area contributed by atoms with E-state index in [1.165, 1.54) is 0 Å². The molecular weight excluding hydrogens is 308 g/mol. The Balaban J connectivity index is 1.68. The Morgan fingerprint density at radius 3 is 2.79 bits per heavy atom. The maximum atomic E-state index is 12.3. The molecule has 6 nitrogen and oxygen atoms in total. The van der Waals surface area contributed by atoms with Crippen LogP contribution < -0.4 is 5.32 Å². The molecule has 0 aliphatic carbocycles. The quantitative estimate of drug-likeness (QED) is 0.401. The minimum atomic E-state index is -0.831. The first-order valence-electron chi connectivity index (χ1n) is 7.82. The van der Waals surface area contributed by atoms with Gasteiger partial charge < -0.3 is 14.6 Å². The Morgan fingerprint density at radius 2 is 2.04 bits per heavy atom. The summed E-state index contributed by atoms with van der Waals surface area (Å²) in [6.07, 6.45) is 5.39. The number of hydrogen-bond acceptors (Lipinski definition) is 5. The number of fused-ring (bicyclic) bond motifs is 1. The molecule has 1 N–H and O–H groups in total. The summed E-state index contributed by atoms with van der Waals surface area (Å²) in [7, 11) is 1.85. The van der Waals surface area contributed by atoms with Crippen LogP contribution in [0.2, 0.25) is 0 Å². The zero-order valence-electron chi connectivity index (χ0n) is 13.3. The zero-order chi connectivity index (χ0) is 17.1. The SMILES string of the molecule is Cn1cc(C(=O)C=CC(=O)OC(=O)[C@@H]2CCCN2)c2ccccc21. The van der Waals surface area contributed by atoms with Gasteiger partial charge in [-0.05, 0) is 31.5 Å². The van der Waals surface area contributed by atoms with Crippen LogP contribution in [0.15, 0.2) is 42.6 Å². The summed E-state index contributed by atoms with van der Waals surface area (Å²) in [5.74, 6) is -1.74. The van der Waals surface area contributed by atoms with Gasteiger partial charge in [0.1, 0.15) is 6.04 Å². The average molecular weight is 326 g/mol. The number of hydrogen-bond donors (Lipinski definition) is 1. The van der Waals surface area contributed by atoms with E-state index in [1.807, 2.05) is 35.9 Å². The number of allylic oxidation sites excluding steroid dienone is 1. The fraction of sp³-hybridized carbons (Fsp3) is 0.278. The third kappa shape index (κ3) is 3.28. The Labute approximate surface area is 139 Å². The van der Waals surface area contributed by atoms with Gasteiger partial charge in [-0.3, -0.25) is 4.79 Å². The molecule has 1 atom stereocenters. The molecule has 0 bridgehead atoms. The van der Waals surface area contributed by atoms with Gasteiger partial charge >= 0.3 is 11.9 Å². The van der Waals surface area contributed by atoms with Crippen LogP contribution in [-0.4, -0.2) is 34.9 Å². The van der Waals surface area contributed by atoms with Crippen molar-refractivity contribution in [1.29, 1.82) is 0 Å². The summed E-state index contributed by atoms with van der Waals surface area (Å²) in [5, 5.41) is 3.77. The second kappa shape index (κ2) is 6.80. The van der Waals surface area contributed by atoms with Gasteiger partial charge in [0.05, 0.1) is 0 Å². The predicted molar refractivity (Wildman–Crippen MR) is 88.5 cm³/mol. The van der Waals surface area contributed by atoms with E-state index in [-0.39, 0.29) is 5.78 Å². The number of esters is 2. The lowest BCUT2D eigenvalue weighted by Gasteiger charge is -2.06. The molecule has 1 aliphatic rings. The molecule has 0 amide bonds. The molecule has 2 aromatic rings. The first-order valence-corrected chi connectivity index (χ1v) is 7.82. The standard InChI is InChI=1S/C18H18N2O4/c1-20-11-13(12-5-2-3-7-15(12)20)16(21)8-9-17(22)24-18(23)14-6-4-10-19-14/h2-3,5,7-9,11,14,19H,4,6,10H2,1H3/t14-/m0/s1. The smallest absolute Gasteiger partial charge is 0.338 e. The third-order valence-electron chi connectivity index (χ3n) is 4.08. The van der Waals surface area contributed by atoms with Crippen molar-refractivity contribution < 1.29 is 19.1 Å². The van der Waals surface area contributed by atoms with Gasteiger partial charge in [-0.2, -0.15) is 0 Å². The Bertz CT molecular complexity index is 829. The van der Waals surface area contributed by atoms with Crippen LogP contribution in [0, 0.1) is 0 Å². The number of aryl methyl sites for hydroxylation is 1. The number of para-hydroxylation sites is 1. The zero-order valence-corrected chi connectivity index (χ0v) is 13.3. The van der Waals surface area contributed by atoms with E-state index in [4.69, 9.17) is 4.74 Å². The Kier molecular flexibility index (Phi) is 4.57. The normalized spacial score (nSPS) is 17.5. The number of ketones is 1. The third-order valence-corrected chi connectivity index (χ3v) is 4.08. The summed E-state index contributed by atoms with van der Waals surface area (Å²) in [4.78, 5) is 35.7. The molecule has 2 heterocycles. The number of benzene rings is 1. The first kappa shape index (κ1) is 16.1. The van der Waals surface area contributed by atoms with Crippen LogP contribution in [-0.2, 0) is 21.4 Å². The van der Waals surface area contributed by atoms with Gasteiger partial charge in [0, 0.05) is 35.8 Å². The monoisotopic (exact) mass is 326 g/mol. The van der Waals surface area contributed by atoms with Gasteiger partial charge in [-0.25, -0.2) is 9.59 Å². The van der Waals surface area contributed by atoms with Crippen molar-refractivity contribution in [3.63, 3.8) is 0 Å². The van der Waals surface area contributed by atoms with Crippen LogP contribution in [0.1, 0.15) is 23.2 Å². The molecule has 6 heteroatoms. The number of ether oxygens (including phenoxy) is 1. The molecule has 0 unspecified atom stereocenters. The highest BCUT2D eigenvalue weighted by Crippen LogP contribution is 2.21. The molecule has 3 rings (SSSR count). The van der Waals surface area contributed by atoms with E-state index < -0.39 is 18.0 Å². The van der Waals surface area contributed by atoms with E-state index >= 15 is 0 Å². The van der Waals surface area contributed by atoms with Crippen LogP contribution in [0.25, 0.3) is 10.9 Å². The number of aromatic nitrogens is 1. The first-order chi connectivity index (χ1) is 11.6. The van der Waals surface area contributed by atoms with Gasteiger partial charge in [0.25, 0.3) is 0 Å². The Morgan fingerprint density at radius 1 is 1.25 bits per heavy atom. The van der Waals surface area contributed by atoms with Crippen molar-refractivity contribution in [3.05, 3.63) is 48.2 Å². The van der Waals surface area contributed by atoms with Crippen LogP contribution in [0.3, 0.4) is 0 Å². The van der Waals surface area contributed by atoms with E-state index in [9.17, 15) is 14.4 Å². The van der Waals surface area contributed by atoms with E-state index in [2.05, 4.69) is 5.32 Å². The molecule has 1 aliphatic heterocycles. The fourth-order valence-electron chi connectivity index (χ4n) is 2.86. The van der Waals surface area contributed by atoms with E-state index in [1.54, 1.807) is 6.20 Å². The van der Waals surface area contributed by atoms with Crippen LogP contribution >= 0.6 is 0 Å². The average Bonchev–Trinajstić information content (AvgIpc) is 3.22. The topological polar surface area (TPSA) is 77.4 Å². The lowest BCUT2D eigenvalue weighted by atomic mass is 10.1. The van der Waals surface area contributed by atoms with Crippen molar-refractivity contribution in [2.45, 2.75) is 18.9 Å². The van der Waals surface area contributed by atoms with E-state index in [0.717, 1.165) is 36.0 Å². The number of rotatable bonds is 4. The van der Waals surface area contributed by atoms with Crippen molar-refractivity contribution in [2.75, 3.05) is 6.54 Å². The van der Waals surface area contributed by atoms with Crippen molar-refractivity contribution in [2.24, 2.45) is 7.05 Å². The molecule has 124 valence electrons. The van der Waals surface area contributed by atoms with Gasteiger partial charge in [-0.1, -0.05) is 18.2 Å². The minimum absolute atomic E-state index is 0.310. The van der Waals surface area contributed by atoms with E-state index in [0.29, 0.717) is 12.0 Å². The highest BCUT2D eigenvalue weighted by Gasteiger charge is 2.25. The Hall–Kier alpha value is -2.73. The molecule has 1 aromatic heterocycles. The predicted octanol–water partition coefficient (Wildman–Crippen LogP) is 1.74. The van der Waals surface area contributed by atoms with Crippen molar-refractivity contribution >= 4 is 28.6 Å². The maximum Gasteiger partial charge on any atom is 0.338 e. The molecule has 0 spiro atoms. The molecule has 0 radical (unpaired) electrons. The molecule has 0 saturated carbocycles. The summed E-state index contributed by atoms with van der Waals surface area (Å²) < 4.78 is 6.58. The summed E-state index contributed by atoms with van der Waals surface area (Å²) >= 11 is 0. The molecule has 1 saturated heterocycles. The van der Waals surface area contributed by atoms with Gasteiger partial charge in [0.15, 0.2) is 5.78 Å². The van der Waals surface area contributed by atoms with Gasteiger partial charge in [-0.15, -0.1) is 0 Å². The molecule has 1 fully saturated rings. The number of carbonyl (C=O) groups excluding carboxylic acids is 3.